The molecular formula is C19H18Cl2N4O. The molecule has 0 aliphatic carbocycles. The molecule has 0 saturated carbocycles. The Morgan fingerprint density at radius 1 is 0.962 bits per heavy atom. The van der Waals surface area contributed by atoms with Crippen molar-refractivity contribution in [3.8, 4) is 5.75 Å². The quantitative estimate of drug-likeness (QED) is 0.543. The molecule has 3 aromatic rings. The summed E-state index contributed by atoms with van der Waals surface area (Å²) in [7, 11) is 0. The number of benzene rings is 2. The predicted molar refractivity (Wildman–Crippen MR) is 107 cm³/mol. The standard InChI is InChI=1S/C19H18Cl2N4O/c1-3-26-15-7-5-14(6-8-15)23-18-10-12(2)22-19(25-18)24-17-11-13(20)4-9-16(17)21/h4-11H,3H2,1-2H3,(H2,22,23,24,25). The molecule has 0 amide bonds. The van der Waals surface area contributed by atoms with Gasteiger partial charge in [0.15, 0.2) is 0 Å². The summed E-state index contributed by atoms with van der Waals surface area (Å²) in [6.07, 6.45) is 0. The second-order valence-corrected chi connectivity index (χ2v) is 6.39. The smallest absolute Gasteiger partial charge is 0.229 e. The number of ether oxygens (including phenoxy) is 1. The zero-order chi connectivity index (χ0) is 18.5. The summed E-state index contributed by atoms with van der Waals surface area (Å²) < 4.78 is 5.45. The fourth-order valence-electron chi connectivity index (χ4n) is 2.35. The van der Waals surface area contributed by atoms with Gasteiger partial charge in [0.1, 0.15) is 11.6 Å². The molecule has 0 unspecified atom stereocenters. The number of rotatable bonds is 6. The topological polar surface area (TPSA) is 59.1 Å². The molecule has 0 radical (unpaired) electrons. The van der Waals surface area contributed by atoms with Crippen molar-refractivity contribution in [3.63, 3.8) is 0 Å². The molecule has 0 aliphatic rings. The van der Waals surface area contributed by atoms with Crippen LogP contribution in [0.4, 0.5) is 23.1 Å². The van der Waals surface area contributed by atoms with Crippen molar-refractivity contribution in [2.75, 3.05) is 17.2 Å². The molecule has 0 bridgehead atoms. The number of aromatic nitrogens is 2. The molecule has 1 aromatic heterocycles. The Bertz CT molecular complexity index is 901. The van der Waals surface area contributed by atoms with Gasteiger partial charge in [-0.05, 0) is 56.3 Å². The first-order chi connectivity index (χ1) is 12.5. The lowest BCUT2D eigenvalue weighted by Crippen LogP contribution is -2.02. The molecule has 0 aliphatic heterocycles. The highest BCUT2D eigenvalue weighted by molar-refractivity contribution is 6.35. The molecule has 0 fully saturated rings. The van der Waals surface area contributed by atoms with Crippen LogP contribution in [0.1, 0.15) is 12.6 Å². The fourth-order valence-corrected chi connectivity index (χ4v) is 2.69. The molecule has 0 atom stereocenters. The number of hydrogen-bond donors (Lipinski definition) is 2. The largest absolute Gasteiger partial charge is 0.494 e. The average molecular weight is 389 g/mol. The van der Waals surface area contributed by atoms with Crippen molar-refractivity contribution in [2.24, 2.45) is 0 Å². The van der Waals surface area contributed by atoms with Gasteiger partial charge in [0.05, 0.1) is 17.3 Å². The van der Waals surface area contributed by atoms with E-state index in [1.54, 1.807) is 18.2 Å². The van der Waals surface area contributed by atoms with E-state index in [2.05, 4.69) is 20.6 Å². The van der Waals surface area contributed by atoms with Crippen LogP contribution in [0.5, 0.6) is 5.75 Å². The monoisotopic (exact) mass is 388 g/mol. The molecule has 0 saturated heterocycles. The van der Waals surface area contributed by atoms with Crippen molar-refractivity contribution >= 4 is 46.3 Å². The first-order valence-corrected chi connectivity index (χ1v) is 8.86. The van der Waals surface area contributed by atoms with E-state index in [9.17, 15) is 0 Å². The van der Waals surface area contributed by atoms with E-state index in [1.165, 1.54) is 0 Å². The number of halogens is 2. The summed E-state index contributed by atoms with van der Waals surface area (Å²) in [5.41, 5.74) is 2.36. The van der Waals surface area contributed by atoms with Crippen LogP contribution >= 0.6 is 23.2 Å². The second-order valence-electron chi connectivity index (χ2n) is 5.55. The lowest BCUT2D eigenvalue weighted by Gasteiger charge is -2.11. The van der Waals surface area contributed by atoms with Gasteiger partial charge in [-0.3, -0.25) is 0 Å². The molecular weight excluding hydrogens is 371 g/mol. The lowest BCUT2D eigenvalue weighted by atomic mass is 10.3. The van der Waals surface area contributed by atoms with Gasteiger partial charge < -0.3 is 15.4 Å². The van der Waals surface area contributed by atoms with Gasteiger partial charge in [-0.2, -0.15) is 4.98 Å². The van der Waals surface area contributed by atoms with E-state index < -0.39 is 0 Å². The maximum Gasteiger partial charge on any atom is 0.229 e. The van der Waals surface area contributed by atoms with E-state index in [0.29, 0.717) is 34.1 Å². The molecule has 7 heteroatoms. The Hall–Kier alpha value is -2.50. The van der Waals surface area contributed by atoms with E-state index in [4.69, 9.17) is 27.9 Å². The SMILES string of the molecule is CCOc1ccc(Nc2cc(C)nc(Nc3cc(Cl)ccc3Cl)n2)cc1. The lowest BCUT2D eigenvalue weighted by molar-refractivity contribution is 0.340. The number of hydrogen-bond acceptors (Lipinski definition) is 5. The molecule has 1 heterocycles. The summed E-state index contributed by atoms with van der Waals surface area (Å²) in [5, 5.41) is 7.49. The third-order valence-corrected chi connectivity index (χ3v) is 4.03. The molecule has 0 spiro atoms. The fraction of sp³-hybridized carbons (Fsp3) is 0.158. The van der Waals surface area contributed by atoms with E-state index >= 15 is 0 Å². The number of nitrogens with zero attached hydrogens (tertiary/aromatic N) is 2. The normalized spacial score (nSPS) is 10.5. The maximum atomic E-state index is 6.19. The zero-order valence-electron chi connectivity index (χ0n) is 14.4. The Morgan fingerprint density at radius 2 is 1.73 bits per heavy atom. The molecule has 2 N–H and O–H groups in total. The van der Waals surface area contributed by atoms with Crippen LogP contribution in [0.3, 0.4) is 0 Å². The Balaban J connectivity index is 1.80. The van der Waals surface area contributed by atoms with Crippen LogP contribution < -0.4 is 15.4 Å². The number of aryl methyl sites for hydroxylation is 1. The highest BCUT2D eigenvalue weighted by Gasteiger charge is 2.07. The van der Waals surface area contributed by atoms with Crippen LogP contribution in [0, 0.1) is 6.92 Å². The minimum atomic E-state index is 0.433. The summed E-state index contributed by atoms with van der Waals surface area (Å²) in [6, 6.07) is 14.7. The van der Waals surface area contributed by atoms with E-state index in [-0.39, 0.29) is 0 Å². The number of anilines is 4. The van der Waals surface area contributed by atoms with Crippen molar-refractivity contribution in [1.29, 1.82) is 0 Å². The first kappa shape index (κ1) is 18.3. The van der Waals surface area contributed by atoms with Crippen molar-refractivity contribution < 1.29 is 4.74 Å². The van der Waals surface area contributed by atoms with Gasteiger partial charge in [0, 0.05) is 22.5 Å². The van der Waals surface area contributed by atoms with E-state index in [0.717, 1.165) is 17.1 Å². The molecule has 5 nitrogen and oxygen atoms in total. The third kappa shape index (κ3) is 4.77. The predicted octanol–water partition coefficient (Wildman–Crippen LogP) is 5.98. The molecule has 26 heavy (non-hydrogen) atoms. The summed E-state index contributed by atoms with van der Waals surface area (Å²) in [6.45, 7) is 4.49. The molecule has 134 valence electrons. The van der Waals surface area contributed by atoms with Crippen molar-refractivity contribution in [2.45, 2.75) is 13.8 Å². The van der Waals surface area contributed by atoms with Crippen LogP contribution in [0.15, 0.2) is 48.5 Å². The summed E-state index contributed by atoms with van der Waals surface area (Å²) in [4.78, 5) is 8.88. The summed E-state index contributed by atoms with van der Waals surface area (Å²) >= 11 is 12.2. The summed E-state index contributed by atoms with van der Waals surface area (Å²) in [5.74, 6) is 1.93. The molecule has 2 aromatic carbocycles. The Morgan fingerprint density at radius 3 is 2.46 bits per heavy atom. The van der Waals surface area contributed by atoms with Crippen LogP contribution in [-0.4, -0.2) is 16.6 Å². The van der Waals surface area contributed by atoms with Crippen LogP contribution in [0.2, 0.25) is 10.0 Å². The average Bonchev–Trinajstić information content (AvgIpc) is 2.60. The second kappa shape index (κ2) is 8.25. The minimum Gasteiger partial charge on any atom is -0.494 e. The van der Waals surface area contributed by atoms with E-state index in [1.807, 2.05) is 44.2 Å². The van der Waals surface area contributed by atoms with Gasteiger partial charge in [-0.15, -0.1) is 0 Å². The minimum absolute atomic E-state index is 0.433. The first-order valence-electron chi connectivity index (χ1n) is 8.11. The zero-order valence-corrected chi connectivity index (χ0v) is 15.9. The number of nitrogens with one attached hydrogen (secondary N) is 2. The maximum absolute atomic E-state index is 6.19. The highest BCUT2D eigenvalue weighted by atomic mass is 35.5. The third-order valence-electron chi connectivity index (χ3n) is 3.47. The Kier molecular flexibility index (Phi) is 5.81. The van der Waals surface area contributed by atoms with Gasteiger partial charge in [0.2, 0.25) is 5.95 Å². The van der Waals surface area contributed by atoms with Gasteiger partial charge in [0.25, 0.3) is 0 Å². The van der Waals surface area contributed by atoms with Crippen molar-refractivity contribution in [3.05, 3.63) is 64.3 Å². The molecule has 3 rings (SSSR count). The van der Waals surface area contributed by atoms with Crippen LogP contribution in [-0.2, 0) is 0 Å². The van der Waals surface area contributed by atoms with Crippen molar-refractivity contribution in [1.82, 2.24) is 9.97 Å². The van der Waals surface area contributed by atoms with Gasteiger partial charge in [-0.1, -0.05) is 23.2 Å². The van der Waals surface area contributed by atoms with Gasteiger partial charge >= 0.3 is 0 Å². The van der Waals surface area contributed by atoms with Gasteiger partial charge in [-0.25, -0.2) is 4.98 Å². The Labute approximate surface area is 162 Å². The van der Waals surface area contributed by atoms with Crippen LogP contribution in [0.25, 0.3) is 0 Å². The highest BCUT2D eigenvalue weighted by Crippen LogP contribution is 2.28.